The minimum absolute atomic E-state index is 0.0174. The number of carbonyl (C=O) groups excluding carboxylic acids is 1. The van der Waals surface area contributed by atoms with E-state index in [1.165, 1.54) is 19.3 Å². The molecule has 0 spiro atoms. The predicted octanol–water partition coefficient (Wildman–Crippen LogP) is 1.35. The third-order valence-corrected chi connectivity index (χ3v) is 2.19. The van der Waals surface area contributed by atoms with Gasteiger partial charge in [-0.2, -0.15) is 0 Å². The molecular formula is C9H14N2O. The molecule has 0 saturated heterocycles. The molecule has 0 atom stereocenters. The van der Waals surface area contributed by atoms with Crippen molar-refractivity contribution >= 4 is 5.91 Å². The highest BCUT2D eigenvalue weighted by Gasteiger charge is 2.16. The number of hydrogen-bond donors (Lipinski definition) is 1. The van der Waals surface area contributed by atoms with Gasteiger partial charge in [-0.1, -0.05) is 19.3 Å². The van der Waals surface area contributed by atoms with Crippen molar-refractivity contribution in [3.8, 4) is 0 Å². The lowest BCUT2D eigenvalue weighted by atomic mass is 9.95. The fraction of sp³-hybridized carbons (Fsp3) is 0.778. The topological polar surface area (TPSA) is 33.5 Å². The van der Waals surface area contributed by atoms with E-state index in [1.54, 1.807) is 0 Å². The van der Waals surface area contributed by atoms with E-state index in [0.29, 0.717) is 6.04 Å². The highest BCUT2D eigenvalue weighted by molar-refractivity contribution is 5.79. The standard InChI is InChI=1S/C9H14N2O/c1-10-7-9(12)11-8-5-3-2-4-6-8/h8H,2-7H2,(H,11,12). The molecule has 1 aliphatic rings. The van der Waals surface area contributed by atoms with E-state index in [9.17, 15) is 4.79 Å². The number of nitrogens with one attached hydrogen (secondary N) is 1. The van der Waals surface area contributed by atoms with Gasteiger partial charge in [-0.15, -0.1) is 0 Å². The van der Waals surface area contributed by atoms with Crippen molar-refractivity contribution in [2.24, 2.45) is 0 Å². The summed E-state index contributed by atoms with van der Waals surface area (Å²) < 4.78 is 0. The average molecular weight is 166 g/mol. The molecule has 3 nitrogen and oxygen atoms in total. The molecule has 1 rings (SSSR count). The zero-order chi connectivity index (χ0) is 8.81. The zero-order valence-electron chi connectivity index (χ0n) is 7.18. The lowest BCUT2D eigenvalue weighted by molar-refractivity contribution is -0.120. The summed E-state index contributed by atoms with van der Waals surface area (Å²) in [7, 11) is 0. The van der Waals surface area contributed by atoms with E-state index >= 15 is 0 Å². The minimum atomic E-state index is -0.114. The van der Waals surface area contributed by atoms with Crippen molar-refractivity contribution in [1.29, 1.82) is 0 Å². The van der Waals surface area contributed by atoms with Crippen LogP contribution in [0.3, 0.4) is 0 Å². The van der Waals surface area contributed by atoms with Gasteiger partial charge >= 0.3 is 0 Å². The highest BCUT2D eigenvalue weighted by atomic mass is 16.1. The van der Waals surface area contributed by atoms with Gasteiger partial charge in [0, 0.05) is 6.04 Å². The Morgan fingerprint density at radius 2 is 2.08 bits per heavy atom. The maximum atomic E-state index is 11.0. The molecule has 0 aliphatic heterocycles. The second-order valence-electron chi connectivity index (χ2n) is 3.22. The van der Waals surface area contributed by atoms with Crippen LogP contribution in [0.4, 0.5) is 0 Å². The smallest absolute Gasteiger partial charge is 0.300 e. The first-order valence-corrected chi connectivity index (χ1v) is 4.45. The predicted molar refractivity (Wildman–Crippen MR) is 46.5 cm³/mol. The van der Waals surface area contributed by atoms with Gasteiger partial charge in [-0.05, 0) is 12.8 Å². The molecular weight excluding hydrogens is 152 g/mol. The Labute approximate surface area is 73.0 Å². The quantitative estimate of drug-likeness (QED) is 0.617. The minimum Gasteiger partial charge on any atom is -0.347 e. The summed E-state index contributed by atoms with van der Waals surface area (Å²) >= 11 is 0. The normalized spacial score (nSPS) is 18.2. The zero-order valence-corrected chi connectivity index (χ0v) is 7.18. The summed E-state index contributed by atoms with van der Waals surface area (Å²) in [5.41, 5.74) is 0. The Bertz CT molecular complexity index is 189. The summed E-state index contributed by atoms with van der Waals surface area (Å²) in [6.45, 7) is 6.50. The van der Waals surface area contributed by atoms with Crippen molar-refractivity contribution in [1.82, 2.24) is 5.32 Å². The van der Waals surface area contributed by atoms with Crippen LogP contribution in [0.15, 0.2) is 0 Å². The van der Waals surface area contributed by atoms with E-state index in [1.807, 2.05) is 0 Å². The van der Waals surface area contributed by atoms with Crippen molar-refractivity contribution in [3.63, 3.8) is 0 Å². The van der Waals surface area contributed by atoms with Gasteiger partial charge in [-0.3, -0.25) is 4.79 Å². The molecule has 0 aromatic carbocycles. The van der Waals surface area contributed by atoms with Gasteiger partial charge < -0.3 is 10.2 Å². The Hall–Kier alpha value is -1.04. The molecule has 1 N–H and O–H groups in total. The van der Waals surface area contributed by atoms with E-state index in [4.69, 9.17) is 6.57 Å². The molecule has 3 heteroatoms. The van der Waals surface area contributed by atoms with Crippen LogP contribution in [0, 0.1) is 6.57 Å². The second-order valence-corrected chi connectivity index (χ2v) is 3.22. The van der Waals surface area contributed by atoms with Gasteiger partial charge in [0.05, 0.1) is 0 Å². The molecule has 0 aromatic heterocycles. The maximum Gasteiger partial charge on any atom is 0.300 e. The highest BCUT2D eigenvalue weighted by Crippen LogP contribution is 2.16. The maximum absolute atomic E-state index is 11.0. The number of carbonyl (C=O) groups is 1. The van der Waals surface area contributed by atoms with E-state index in [2.05, 4.69) is 10.2 Å². The summed E-state index contributed by atoms with van der Waals surface area (Å²) in [4.78, 5) is 14.0. The van der Waals surface area contributed by atoms with Crippen LogP contribution in [0.1, 0.15) is 32.1 Å². The Kier molecular flexibility index (Phi) is 3.59. The van der Waals surface area contributed by atoms with Gasteiger partial charge in [0.25, 0.3) is 12.5 Å². The lowest BCUT2D eigenvalue weighted by Crippen LogP contribution is -2.37. The third-order valence-electron chi connectivity index (χ3n) is 2.19. The van der Waals surface area contributed by atoms with Crippen molar-refractivity contribution in [3.05, 3.63) is 11.4 Å². The van der Waals surface area contributed by atoms with Gasteiger partial charge in [0.1, 0.15) is 0 Å². The van der Waals surface area contributed by atoms with Crippen LogP contribution in [0.25, 0.3) is 4.85 Å². The first-order chi connectivity index (χ1) is 5.83. The van der Waals surface area contributed by atoms with E-state index in [-0.39, 0.29) is 12.5 Å². The lowest BCUT2D eigenvalue weighted by Gasteiger charge is -2.21. The van der Waals surface area contributed by atoms with E-state index in [0.717, 1.165) is 12.8 Å². The van der Waals surface area contributed by atoms with Gasteiger partial charge in [-0.25, -0.2) is 6.57 Å². The summed E-state index contributed by atoms with van der Waals surface area (Å²) in [6.07, 6.45) is 5.88. The molecule has 1 aliphatic carbocycles. The van der Waals surface area contributed by atoms with Crippen LogP contribution >= 0.6 is 0 Å². The average Bonchev–Trinajstić information content (AvgIpc) is 2.06. The molecule has 0 radical (unpaired) electrons. The molecule has 1 saturated carbocycles. The third kappa shape index (κ3) is 2.91. The van der Waals surface area contributed by atoms with Crippen LogP contribution in [0.5, 0.6) is 0 Å². The van der Waals surface area contributed by atoms with Gasteiger partial charge in [0.2, 0.25) is 0 Å². The van der Waals surface area contributed by atoms with Crippen molar-refractivity contribution < 1.29 is 4.79 Å². The molecule has 0 heterocycles. The molecule has 12 heavy (non-hydrogen) atoms. The number of amides is 1. The Balaban J connectivity index is 2.21. The molecule has 1 amide bonds. The second kappa shape index (κ2) is 4.76. The summed E-state index contributed by atoms with van der Waals surface area (Å²) in [6, 6.07) is 0.341. The van der Waals surface area contributed by atoms with Crippen LogP contribution < -0.4 is 5.32 Å². The van der Waals surface area contributed by atoms with Crippen LogP contribution in [-0.2, 0) is 4.79 Å². The van der Waals surface area contributed by atoms with E-state index < -0.39 is 0 Å². The number of rotatable bonds is 2. The Morgan fingerprint density at radius 1 is 1.42 bits per heavy atom. The summed E-state index contributed by atoms with van der Waals surface area (Å²) in [5.74, 6) is -0.114. The fourth-order valence-electron chi connectivity index (χ4n) is 1.59. The first-order valence-electron chi connectivity index (χ1n) is 4.45. The van der Waals surface area contributed by atoms with Crippen molar-refractivity contribution in [2.45, 2.75) is 38.1 Å². The van der Waals surface area contributed by atoms with Crippen LogP contribution in [-0.4, -0.2) is 18.5 Å². The fourth-order valence-corrected chi connectivity index (χ4v) is 1.59. The Morgan fingerprint density at radius 3 is 2.67 bits per heavy atom. The molecule has 0 unspecified atom stereocenters. The first kappa shape index (κ1) is 9.05. The van der Waals surface area contributed by atoms with Crippen molar-refractivity contribution in [2.75, 3.05) is 6.54 Å². The molecule has 0 bridgehead atoms. The monoisotopic (exact) mass is 166 g/mol. The largest absolute Gasteiger partial charge is 0.347 e. The molecule has 66 valence electrons. The number of hydrogen-bond acceptors (Lipinski definition) is 1. The molecule has 0 aromatic rings. The molecule has 1 fully saturated rings. The number of nitrogens with zero attached hydrogens (tertiary/aromatic N) is 1. The van der Waals surface area contributed by atoms with Gasteiger partial charge in [0.15, 0.2) is 0 Å². The summed E-state index contributed by atoms with van der Waals surface area (Å²) in [5, 5.41) is 2.87. The van der Waals surface area contributed by atoms with Crippen LogP contribution in [0.2, 0.25) is 0 Å². The SMILES string of the molecule is [C-]#[N+]CC(=O)NC1CCCCC1.